The lowest BCUT2D eigenvalue weighted by atomic mass is 10.1. The number of hydrogen-bond acceptors (Lipinski definition) is 4. The predicted octanol–water partition coefficient (Wildman–Crippen LogP) is 1.12. The Balaban J connectivity index is 2.24. The van der Waals surface area contributed by atoms with Gasteiger partial charge in [0.1, 0.15) is 12.4 Å². The van der Waals surface area contributed by atoms with Crippen LogP contribution >= 0.6 is 0 Å². The zero-order valence-electron chi connectivity index (χ0n) is 9.43. The van der Waals surface area contributed by atoms with Crippen LogP contribution in [0.5, 0.6) is 0 Å². The van der Waals surface area contributed by atoms with Crippen molar-refractivity contribution in [1.82, 2.24) is 14.8 Å². The van der Waals surface area contributed by atoms with Gasteiger partial charge in [0.05, 0.1) is 19.8 Å². The molecule has 0 amide bonds. The van der Waals surface area contributed by atoms with E-state index in [1.807, 2.05) is 4.57 Å². The fraction of sp³-hybridized carbons (Fsp3) is 0.800. The van der Waals surface area contributed by atoms with E-state index < -0.39 is 0 Å². The maximum atomic E-state index is 5.61. The number of rotatable bonds is 1. The van der Waals surface area contributed by atoms with Crippen molar-refractivity contribution in [2.75, 3.05) is 19.8 Å². The first-order chi connectivity index (χ1) is 7.09. The molecule has 0 spiro atoms. The second-order valence-electron chi connectivity index (χ2n) is 4.66. The molecule has 1 aromatic rings. The molecule has 1 aliphatic heterocycles. The first-order valence-electron chi connectivity index (χ1n) is 5.19. The molecule has 1 unspecified atom stereocenters. The van der Waals surface area contributed by atoms with Gasteiger partial charge in [-0.25, -0.2) is 0 Å². The van der Waals surface area contributed by atoms with Crippen LogP contribution in [0.1, 0.15) is 32.7 Å². The Labute approximate surface area is 89.4 Å². The fourth-order valence-electron chi connectivity index (χ4n) is 1.62. The van der Waals surface area contributed by atoms with Crippen molar-refractivity contribution in [3.05, 3.63) is 12.2 Å². The Morgan fingerprint density at radius 1 is 1.40 bits per heavy atom. The summed E-state index contributed by atoms with van der Waals surface area (Å²) in [6, 6.07) is 0. The summed E-state index contributed by atoms with van der Waals surface area (Å²) in [7, 11) is 0. The molecule has 2 heterocycles. The highest BCUT2D eigenvalue weighted by atomic mass is 16.6. The molecule has 15 heavy (non-hydrogen) atoms. The van der Waals surface area contributed by atoms with Gasteiger partial charge in [0, 0.05) is 5.54 Å². The summed E-state index contributed by atoms with van der Waals surface area (Å²) in [5.41, 5.74) is -0.0281. The number of nitrogens with zero attached hydrogens (tertiary/aromatic N) is 3. The molecule has 0 saturated carbocycles. The minimum absolute atomic E-state index is 0.0281. The third-order valence-corrected chi connectivity index (χ3v) is 2.40. The molecule has 1 saturated heterocycles. The van der Waals surface area contributed by atoms with E-state index in [1.165, 1.54) is 0 Å². The summed E-state index contributed by atoms with van der Waals surface area (Å²) in [6.07, 6.45) is 1.66. The minimum atomic E-state index is -0.0829. The maximum Gasteiger partial charge on any atom is 0.164 e. The van der Waals surface area contributed by atoms with Gasteiger partial charge in [-0.05, 0) is 20.8 Å². The van der Waals surface area contributed by atoms with E-state index in [0.717, 1.165) is 5.82 Å². The zero-order chi connectivity index (χ0) is 10.9. The standard InChI is InChI=1S/C10H17N3O2/c1-10(2,3)13-7-11-12-9(13)8-6-14-4-5-15-8/h7-8H,4-6H2,1-3H3. The van der Waals surface area contributed by atoms with E-state index >= 15 is 0 Å². The molecule has 2 rings (SSSR count). The molecule has 84 valence electrons. The summed E-state index contributed by atoms with van der Waals surface area (Å²) < 4.78 is 13.0. The largest absolute Gasteiger partial charge is 0.376 e. The fourth-order valence-corrected chi connectivity index (χ4v) is 1.62. The van der Waals surface area contributed by atoms with Gasteiger partial charge < -0.3 is 14.0 Å². The van der Waals surface area contributed by atoms with Crippen molar-refractivity contribution in [2.24, 2.45) is 0 Å². The molecule has 5 heteroatoms. The van der Waals surface area contributed by atoms with Crippen LogP contribution in [0.4, 0.5) is 0 Å². The molecule has 0 N–H and O–H groups in total. The summed E-state index contributed by atoms with van der Waals surface area (Å²) in [4.78, 5) is 0. The van der Waals surface area contributed by atoms with E-state index in [2.05, 4.69) is 31.0 Å². The van der Waals surface area contributed by atoms with Crippen LogP contribution in [0.15, 0.2) is 6.33 Å². The monoisotopic (exact) mass is 211 g/mol. The molecule has 0 radical (unpaired) electrons. The van der Waals surface area contributed by atoms with E-state index in [1.54, 1.807) is 6.33 Å². The number of ether oxygens (including phenoxy) is 2. The van der Waals surface area contributed by atoms with Crippen molar-refractivity contribution in [3.8, 4) is 0 Å². The van der Waals surface area contributed by atoms with Crippen LogP contribution in [-0.4, -0.2) is 34.6 Å². The minimum Gasteiger partial charge on any atom is -0.376 e. The molecule has 1 fully saturated rings. The normalized spacial score (nSPS) is 23.0. The summed E-state index contributed by atoms with van der Waals surface area (Å²) in [5.74, 6) is 0.849. The second kappa shape index (κ2) is 3.90. The number of aromatic nitrogens is 3. The topological polar surface area (TPSA) is 49.2 Å². The van der Waals surface area contributed by atoms with Crippen molar-refractivity contribution in [2.45, 2.75) is 32.4 Å². The summed E-state index contributed by atoms with van der Waals surface area (Å²) >= 11 is 0. The molecule has 1 atom stereocenters. The van der Waals surface area contributed by atoms with Crippen LogP contribution in [-0.2, 0) is 15.0 Å². The van der Waals surface area contributed by atoms with Crippen LogP contribution in [0, 0.1) is 0 Å². The highest BCUT2D eigenvalue weighted by Gasteiger charge is 2.26. The first kappa shape index (κ1) is 10.6. The highest BCUT2D eigenvalue weighted by molar-refractivity contribution is 4.97. The van der Waals surface area contributed by atoms with Crippen LogP contribution in [0.25, 0.3) is 0 Å². The molecular formula is C10H17N3O2. The maximum absolute atomic E-state index is 5.61. The average Bonchev–Trinajstić information content (AvgIpc) is 2.67. The lowest BCUT2D eigenvalue weighted by Gasteiger charge is -2.27. The van der Waals surface area contributed by atoms with E-state index in [0.29, 0.717) is 19.8 Å². The van der Waals surface area contributed by atoms with Crippen molar-refractivity contribution < 1.29 is 9.47 Å². The zero-order valence-corrected chi connectivity index (χ0v) is 9.43. The third kappa shape index (κ3) is 2.18. The van der Waals surface area contributed by atoms with Gasteiger partial charge in [0.2, 0.25) is 0 Å². The molecule has 1 aliphatic rings. The van der Waals surface area contributed by atoms with Gasteiger partial charge in [-0.2, -0.15) is 0 Å². The van der Waals surface area contributed by atoms with Crippen LogP contribution in [0.3, 0.4) is 0 Å². The van der Waals surface area contributed by atoms with Crippen LogP contribution < -0.4 is 0 Å². The third-order valence-electron chi connectivity index (χ3n) is 2.40. The van der Waals surface area contributed by atoms with Gasteiger partial charge in [-0.1, -0.05) is 0 Å². The molecule has 5 nitrogen and oxygen atoms in total. The van der Waals surface area contributed by atoms with E-state index in [4.69, 9.17) is 9.47 Å². The Hall–Kier alpha value is -0.940. The molecular weight excluding hydrogens is 194 g/mol. The predicted molar refractivity (Wildman–Crippen MR) is 54.5 cm³/mol. The molecule has 0 aromatic carbocycles. The van der Waals surface area contributed by atoms with Crippen molar-refractivity contribution in [1.29, 1.82) is 0 Å². The van der Waals surface area contributed by atoms with Crippen molar-refractivity contribution >= 4 is 0 Å². The van der Waals surface area contributed by atoms with Crippen molar-refractivity contribution in [3.63, 3.8) is 0 Å². The van der Waals surface area contributed by atoms with Gasteiger partial charge >= 0.3 is 0 Å². The molecule has 1 aromatic heterocycles. The summed E-state index contributed by atoms with van der Waals surface area (Å²) in [6.45, 7) is 8.20. The van der Waals surface area contributed by atoms with E-state index in [-0.39, 0.29) is 11.6 Å². The Bertz CT molecular complexity index is 324. The second-order valence-corrected chi connectivity index (χ2v) is 4.66. The lowest BCUT2D eigenvalue weighted by Crippen LogP contribution is -2.29. The van der Waals surface area contributed by atoms with Gasteiger partial charge in [0.15, 0.2) is 5.82 Å². The molecule has 0 bridgehead atoms. The Morgan fingerprint density at radius 2 is 2.20 bits per heavy atom. The van der Waals surface area contributed by atoms with E-state index in [9.17, 15) is 0 Å². The highest BCUT2D eigenvalue weighted by Crippen LogP contribution is 2.23. The lowest BCUT2D eigenvalue weighted by molar-refractivity contribution is -0.0957. The van der Waals surface area contributed by atoms with Crippen LogP contribution in [0.2, 0.25) is 0 Å². The SMILES string of the molecule is CC(C)(C)n1cnnc1C1COCCO1. The number of hydrogen-bond donors (Lipinski definition) is 0. The first-order valence-corrected chi connectivity index (χ1v) is 5.19. The quantitative estimate of drug-likeness (QED) is 0.698. The smallest absolute Gasteiger partial charge is 0.164 e. The van der Waals surface area contributed by atoms with Gasteiger partial charge in [-0.15, -0.1) is 10.2 Å². The Morgan fingerprint density at radius 3 is 2.80 bits per heavy atom. The van der Waals surface area contributed by atoms with Gasteiger partial charge in [0.25, 0.3) is 0 Å². The molecule has 0 aliphatic carbocycles. The van der Waals surface area contributed by atoms with Gasteiger partial charge in [-0.3, -0.25) is 0 Å². The summed E-state index contributed by atoms with van der Waals surface area (Å²) in [5, 5.41) is 8.06. The average molecular weight is 211 g/mol. The Kier molecular flexibility index (Phi) is 2.75.